The molecule has 0 spiro atoms. The number of hydrogen-bond donors (Lipinski definition) is 0. The second-order valence-corrected chi connectivity index (χ2v) is 11.3. The normalized spacial score (nSPS) is 11.6. The molecule has 3 heteroatoms. The number of benzene rings is 6. The average molecular weight is 560 g/mol. The van der Waals surface area contributed by atoms with E-state index < -0.39 is 0 Å². The Bertz CT molecular complexity index is 2550. The lowest BCUT2D eigenvalue weighted by Crippen LogP contribution is -1.92. The van der Waals surface area contributed by atoms with E-state index in [9.17, 15) is 0 Å². The zero-order valence-electron chi connectivity index (χ0n) is 23.8. The third kappa shape index (κ3) is 4.02. The van der Waals surface area contributed by atoms with E-state index in [1.165, 1.54) is 21.5 Å². The monoisotopic (exact) mass is 559 g/mol. The van der Waals surface area contributed by atoms with E-state index in [0.29, 0.717) is 0 Å². The van der Waals surface area contributed by atoms with E-state index in [0.717, 1.165) is 66.2 Å². The van der Waals surface area contributed by atoms with E-state index in [-0.39, 0.29) is 0 Å². The van der Waals surface area contributed by atoms with Crippen molar-refractivity contribution in [3.05, 3.63) is 152 Å². The number of fused-ring (bicyclic) bond motifs is 7. The molecule has 0 amide bonds. The Balaban J connectivity index is 1.26. The third-order valence-electron chi connectivity index (χ3n) is 8.67. The van der Waals surface area contributed by atoms with Gasteiger partial charge in [0.05, 0.1) is 22.2 Å². The first-order valence-corrected chi connectivity index (χ1v) is 14.8. The van der Waals surface area contributed by atoms with E-state index in [4.69, 9.17) is 15.0 Å². The van der Waals surface area contributed by atoms with Crippen LogP contribution in [0.1, 0.15) is 0 Å². The minimum atomic E-state index is 0.972. The summed E-state index contributed by atoms with van der Waals surface area (Å²) in [4.78, 5) is 14.8. The largest absolute Gasteiger partial charge is 0.256 e. The first kappa shape index (κ1) is 24.6. The molecule has 0 aliphatic carbocycles. The van der Waals surface area contributed by atoms with Gasteiger partial charge >= 0.3 is 0 Å². The Labute approximate surface area is 254 Å². The number of pyridine rings is 3. The van der Waals surface area contributed by atoms with Crippen LogP contribution in [0.5, 0.6) is 0 Å². The first-order valence-electron chi connectivity index (χ1n) is 14.8. The Morgan fingerprint density at radius 2 is 0.909 bits per heavy atom. The van der Waals surface area contributed by atoms with Crippen LogP contribution in [0.15, 0.2) is 152 Å². The standard InChI is InChI=1S/C41H25N3/c1-2-8-26(9-3-1)41-40-34-17-14-27(32-21-30-10-4-6-12-37(30)42-24-32)20-29(34)16-19-36(40)35-18-15-28(23-39(35)44-41)33-22-31-11-5-7-13-38(31)43-25-33/h1-25H. The highest BCUT2D eigenvalue weighted by atomic mass is 14.7. The van der Waals surface area contributed by atoms with E-state index in [2.05, 4.69) is 121 Å². The van der Waals surface area contributed by atoms with Crippen molar-refractivity contribution in [1.29, 1.82) is 0 Å². The summed E-state index contributed by atoms with van der Waals surface area (Å²) in [6.45, 7) is 0. The molecule has 0 aliphatic heterocycles. The summed E-state index contributed by atoms with van der Waals surface area (Å²) in [5.41, 5.74) is 9.53. The van der Waals surface area contributed by atoms with Crippen molar-refractivity contribution in [2.75, 3.05) is 0 Å². The van der Waals surface area contributed by atoms with Gasteiger partial charge < -0.3 is 0 Å². The maximum absolute atomic E-state index is 5.36. The molecule has 3 heterocycles. The Hall–Kier alpha value is -5.93. The number of aromatic nitrogens is 3. The fraction of sp³-hybridized carbons (Fsp3) is 0. The molecule has 9 aromatic rings. The van der Waals surface area contributed by atoms with Gasteiger partial charge in [0.2, 0.25) is 0 Å². The van der Waals surface area contributed by atoms with Crippen LogP contribution in [0.25, 0.3) is 87.8 Å². The lowest BCUT2D eigenvalue weighted by Gasteiger charge is -2.15. The highest BCUT2D eigenvalue weighted by Gasteiger charge is 2.15. The van der Waals surface area contributed by atoms with Gasteiger partial charge in [-0.15, -0.1) is 0 Å². The predicted octanol–water partition coefficient (Wildman–Crippen LogP) is 10.6. The molecule has 3 aromatic heterocycles. The molecule has 204 valence electrons. The van der Waals surface area contributed by atoms with Crippen molar-refractivity contribution < 1.29 is 0 Å². The third-order valence-corrected chi connectivity index (χ3v) is 8.67. The van der Waals surface area contributed by atoms with Gasteiger partial charge in [-0.05, 0) is 63.7 Å². The number of hydrogen-bond acceptors (Lipinski definition) is 3. The van der Waals surface area contributed by atoms with Crippen LogP contribution in [0.2, 0.25) is 0 Å². The molecule has 9 rings (SSSR count). The number of nitrogens with zero attached hydrogens (tertiary/aromatic N) is 3. The fourth-order valence-electron chi connectivity index (χ4n) is 6.46. The minimum absolute atomic E-state index is 0.972. The highest BCUT2D eigenvalue weighted by molar-refractivity contribution is 6.21. The van der Waals surface area contributed by atoms with Crippen molar-refractivity contribution >= 4 is 54.3 Å². The molecule has 3 nitrogen and oxygen atoms in total. The maximum Gasteiger partial charge on any atom is 0.0794 e. The fourth-order valence-corrected chi connectivity index (χ4v) is 6.46. The smallest absolute Gasteiger partial charge is 0.0794 e. The Morgan fingerprint density at radius 3 is 1.61 bits per heavy atom. The SMILES string of the molecule is c1ccc(-c2nc3cc(-c4cnc5ccccc5c4)ccc3c3ccc4cc(-c5cnc6ccccc6c5)ccc4c23)cc1. The molecule has 0 N–H and O–H groups in total. The van der Waals surface area contributed by atoms with Gasteiger partial charge in [-0.2, -0.15) is 0 Å². The molecule has 44 heavy (non-hydrogen) atoms. The summed E-state index contributed by atoms with van der Waals surface area (Å²) < 4.78 is 0. The van der Waals surface area contributed by atoms with E-state index in [1.807, 2.05) is 30.6 Å². The van der Waals surface area contributed by atoms with Crippen molar-refractivity contribution in [2.24, 2.45) is 0 Å². The second kappa shape index (κ2) is 9.82. The van der Waals surface area contributed by atoms with Crippen LogP contribution in [0.4, 0.5) is 0 Å². The Kier molecular flexibility index (Phi) is 5.50. The van der Waals surface area contributed by atoms with Crippen LogP contribution >= 0.6 is 0 Å². The summed E-state index contributed by atoms with van der Waals surface area (Å²) in [5, 5.41) is 8.16. The molecular weight excluding hydrogens is 534 g/mol. The van der Waals surface area contributed by atoms with Crippen LogP contribution in [0, 0.1) is 0 Å². The average Bonchev–Trinajstić information content (AvgIpc) is 3.10. The van der Waals surface area contributed by atoms with Crippen molar-refractivity contribution in [2.45, 2.75) is 0 Å². The summed E-state index contributed by atoms with van der Waals surface area (Å²) in [5.74, 6) is 0. The minimum Gasteiger partial charge on any atom is -0.256 e. The number of para-hydroxylation sites is 2. The molecule has 0 saturated carbocycles. The van der Waals surface area contributed by atoms with Crippen LogP contribution in [-0.4, -0.2) is 15.0 Å². The van der Waals surface area contributed by atoms with Gasteiger partial charge in [0.15, 0.2) is 0 Å². The molecule has 0 radical (unpaired) electrons. The van der Waals surface area contributed by atoms with Gasteiger partial charge in [-0.25, -0.2) is 4.98 Å². The molecular formula is C41H25N3. The van der Waals surface area contributed by atoms with Gasteiger partial charge in [-0.1, -0.05) is 103 Å². The first-order chi connectivity index (χ1) is 21.8. The van der Waals surface area contributed by atoms with Gasteiger partial charge in [-0.3, -0.25) is 9.97 Å². The summed E-state index contributed by atoms with van der Waals surface area (Å²) >= 11 is 0. The molecule has 0 unspecified atom stereocenters. The van der Waals surface area contributed by atoms with Crippen molar-refractivity contribution in [1.82, 2.24) is 15.0 Å². The lowest BCUT2D eigenvalue weighted by molar-refractivity contribution is 1.40. The molecule has 0 bridgehead atoms. The molecule has 6 aromatic carbocycles. The van der Waals surface area contributed by atoms with E-state index >= 15 is 0 Å². The molecule has 0 fully saturated rings. The second-order valence-electron chi connectivity index (χ2n) is 11.3. The maximum atomic E-state index is 5.36. The topological polar surface area (TPSA) is 38.7 Å². The summed E-state index contributed by atoms with van der Waals surface area (Å²) in [7, 11) is 0. The Morgan fingerprint density at radius 1 is 0.341 bits per heavy atom. The lowest BCUT2D eigenvalue weighted by atomic mass is 9.92. The molecule has 0 saturated heterocycles. The van der Waals surface area contributed by atoms with Gasteiger partial charge in [0, 0.05) is 50.6 Å². The van der Waals surface area contributed by atoms with Gasteiger partial charge in [0.1, 0.15) is 0 Å². The number of rotatable bonds is 3. The van der Waals surface area contributed by atoms with E-state index in [1.54, 1.807) is 0 Å². The van der Waals surface area contributed by atoms with Crippen molar-refractivity contribution in [3.63, 3.8) is 0 Å². The predicted molar refractivity (Wildman–Crippen MR) is 184 cm³/mol. The quantitative estimate of drug-likeness (QED) is 0.202. The van der Waals surface area contributed by atoms with Gasteiger partial charge in [0.25, 0.3) is 0 Å². The van der Waals surface area contributed by atoms with Crippen LogP contribution < -0.4 is 0 Å². The van der Waals surface area contributed by atoms with Crippen molar-refractivity contribution in [3.8, 4) is 33.5 Å². The van der Waals surface area contributed by atoms with Crippen LogP contribution in [-0.2, 0) is 0 Å². The zero-order chi connectivity index (χ0) is 29.0. The highest BCUT2D eigenvalue weighted by Crippen LogP contribution is 2.39. The zero-order valence-corrected chi connectivity index (χ0v) is 23.8. The molecule has 0 aliphatic rings. The summed E-state index contributed by atoms with van der Waals surface area (Å²) in [6.07, 6.45) is 3.93. The van der Waals surface area contributed by atoms with Crippen LogP contribution in [0.3, 0.4) is 0 Å². The summed E-state index contributed by atoms with van der Waals surface area (Å²) in [6, 6.07) is 49.3. The molecule has 0 atom stereocenters.